The molecule has 1 fully saturated rings. The van der Waals surface area contributed by atoms with Gasteiger partial charge in [0, 0.05) is 22.6 Å². The lowest BCUT2D eigenvalue weighted by Crippen LogP contribution is -2.23. The summed E-state index contributed by atoms with van der Waals surface area (Å²) >= 11 is 3.48. The number of aromatic nitrogens is 2. The van der Waals surface area contributed by atoms with Gasteiger partial charge in [0.05, 0.1) is 16.6 Å². The number of halogens is 1. The van der Waals surface area contributed by atoms with Crippen molar-refractivity contribution in [3.05, 3.63) is 68.5 Å². The third-order valence-corrected chi connectivity index (χ3v) is 5.40. The number of benzene rings is 2. The van der Waals surface area contributed by atoms with Crippen LogP contribution < -0.4 is 4.90 Å². The number of anilines is 1. The maximum absolute atomic E-state index is 11.5. The Kier molecular flexibility index (Phi) is 4.79. The number of nitro benzene ring substituents is 1. The van der Waals surface area contributed by atoms with Crippen molar-refractivity contribution in [3.63, 3.8) is 0 Å². The molecule has 1 atom stereocenters. The second-order valence-electron chi connectivity index (χ2n) is 6.36. The molecule has 0 spiro atoms. The van der Waals surface area contributed by atoms with Crippen LogP contribution in [0.4, 0.5) is 11.4 Å². The Hall–Kier alpha value is -3.25. The van der Waals surface area contributed by atoms with Gasteiger partial charge < -0.3 is 9.42 Å². The van der Waals surface area contributed by atoms with Crippen LogP contribution in [-0.4, -0.2) is 21.6 Å². The molecule has 1 saturated heterocycles. The van der Waals surface area contributed by atoms with E-state index in [0.717, 1.165) is 22.9 Å². The summed E-state index contributed by atoms with van der Waals surface area (Å²) in [5.74, 6) is 0.880. The molecule has 1 aromatic heterocycles. The van der Waals surface area contributed by atoms with Gasteiger partial charge in [-0.3, -0.25) is 10.1 Å². The summed E-state index contributed by atoms with van der Waals surface area (Å²) in [6.07, 6.45) is 1.59. The van der Waals surface area contributed by atoms with Crippen LogP contribution in [0.15, 0.2) is 51.5 Å². The van der Waals surface area contributed by atoms with Gasteiger partial charge in [0.1, 0.15) is 11.7 Å². The molecule has 0 saturated carbocycles. The summed E-state index contributed by atoms with van der Waals surface area (Å²) in [4.78, 5) is 17.5. The molecule has 3 aromatic rings. The highest BCUT2D eigenvalue weighted by atomic mass is 79.9. The van der Waals surface area contributed by atoms with E-state index in [2.05, 4.69) is 26.1 Å². The fourth-order valence-electron chi connectivity index (χ4n) is 3.42. The topological polar surface area (TPSA) is 109 Å². The van der Waals surface area contributed by atoms with Gasteiger partial charge in [-0.25, -0.2) is 0 Å². The molecule has 1 aliphatic heterocycles. The van der Waals surface area contributed by atoms with Gasteiger partial charge in [-0.05, 0) is 37.1 Å². The van der Waals surface area contributed by atoms with Crippen LogP contribution in [0.2, 0.25) is 0 Å². The van der Waals surface area contributed by atoms with Crippen molar-refractivity contribution in [1.82, 2.24) is 10.1 Å². The molecule has 0 amide bonds. The Morgan fingerprint density at radius 1 is 1.32 bits per heavy atom. The lowest BCUT2D eigenvalue weighted by Gasteiger charge is -2.23. The van der Waals surface area contributed by atoms with E-state index in [1.54, 1.807) is 12.1 Å². The fourth-order valence-corrected chi connectivity index (χ4v) is 3.88. The van der Waals surface area contributed by atoms with Crippen LogP contribution in [0.3, 0.4) is 0 Å². The lowest BCUT2D eigenvalue weighted by molar-refractivity contribution is -0.384. The second-order valence-corrected chi connectivity index (χ2v) is 7.21. The van der Waals surface area contributed by atoms with Crippen molar-refractivity contribution in [3.8, 4) is 17.5 Å². The van der Waals surface area contributed by atoms with Crippen molar-refractivity contribution in [2.45, 2.75) is 18.9 Å². The molecule has 2 heterocycles. The van der Waals surface area contributed by atoms with E-state index in [9.17, 15) is 10.1 Å². The number of hydrogen-bond donors (Lipinski definition) is 0. The van der Waals surface area contributed by atoms with Crippen LogP contribution in [0.1, 0.15) is 30.3 Å². The minimum Gasteiger partial charge on any atom is -0.354 e. The minimum atomic E-state index is -0.466. The normalized spacial score (nSPS) is 16.1. The molecule has 140 valence electrons. The Labute approximate surface area is 168 Å². The molecular weight excluding hydrogens is 426 g/mol. The first kappa shape index (κ1) is 18.1. The molecule has 0 radical (unpaired) electrons. The first-order valence-corrected chi connectivity index (χ1v) is 9.41. The van der Waals surface area contributed by atoms with Gasteiger partial charge in [-0.2, -0.15) is 10.2 Å². The molecule has 0 aliphatic carbocycles. The zero-order valence-corrected chi connectivity index (χ0v) is 16.2. The van der Waals surface area contributed by atoms with Crippen LogP contribution in [0.25, 0.3) is 11.4 Å². The highest BCUT2D eigenvalue weighted by molar-refractivity contribution is 9.10. The maximum Gasteiger partial charge on any atom is 0.293 e. The molecule has 1 unspecified atom stereocenters. The number of nitriles is 1. The van der Waals surface area contributed by atoms with Gasteiger partial charge >= 0.3 is 0 Å². The monoisotopic (exact) mass is 439 g/mol. The summed E-state index contributed by atoms with van der Waals surface area (Å²) < 4.78 is 6.36. The minimum absolute atomic E-state index is 0.100. The standard InChI is InChI=1S/C19H14BrN5O3/c20-14-5-2-1-4-13(14)18-22-19(28-23-18)16-6-3-9-24(16)15-8-7-12(11-21)10-17(15)25(26)27/h1-2,4-5,7-8,10,16H,3,6,9H2. The number of rotatable bonds is 4. The predicted octanol–water partition coefficient (Wildman–Crippen LogP) is 4.62. The number of nitrogens with zero attached hydrogens (tertiary/aromatic N) is 5. The van der Waals surface area contributed by atoms with Gasteiger partial charge in [0.2, 0.25) is 11.7 Å². The molecule has 4 rings (SSSR count). The molecule has 1 aliphatic rings. The molecule has 0 N–H and O–H groups in total. The Morgan fingerprint density at radius 3 is 2.89 bits per heavy atom. The fraction of sp³-hybridized carbons (Fsp3) is 0.211. The van der Waals surface area contributed by atoms with Crippen LogP contribution >= 0.6 is 15.9 Å². The van der Waals surface area contributed by atoms with E-state index in [0.29, 0.717) is 23.9 Å². The average molecular weight is 440 g/mol. The Balaban J connectivity index is 1.70. The van der Waals surface area contributed by atoms with E-state index in [-0.39, 0.29) is 17.3 Å². The zero-order valence-electron chi connectivity index (χ0n) is 14.6. The molecule has 9 heteroatoms. The average Bonchev–Trinajstić information content (AvgIpc) is 3.37. The summed E-state index contributed by atoms with van der Waals surface area (Å²) in [6, 6.07) is 13.7. The summed E-state index contributed by atoms with van der Waals surface area (Å²) in [5.41, 5.74) is 1.41. The first-order chi connectivity index (χ1) is 13.6. The molecule has 28 heavy (non-hydrogen) atoms. The summed E-state index contributed by atoms with van der Waals surface area (Å²) in [5, 5.41) is 24.7. The van der Waals surface area contributed by atoms with Gasteiger partial charge in [0.15, 0.2) is 0 Å². The first-order valence-electron chi connectivity index (χ1n) is 8.62. The van der Waals surface area contributed by atoms with Crippen molar-refractivity contribution >= 4 is 27.3 Å². The van der Waals surface area contributed by atoms with E-state index < -0.39 is 4.92 Å². The number of nitro groups is 1. The predicted molar refractivity (Wildman–Crippen MR) is 105 cm³/mol. The van der Waals surface area contributed by atoms with E-state index in [4.69, 9.17) is 9.78 Å². The smallest absolute Gasteiger partial charge is 0.293 e. The van der Waals surface area contributed by atoms with Gasteiger partial charge in [0.25, 0.3) is 5.69 Å². The number of hydrogen-bond acceptors (Lipinski definition) is 7. The zero-order chi connectivity index (χ0) is 19.7. The largest absolute Gasteiger partial charge is 0.354 e. The lowest BCUT2D eigenvalue weighted by atomic mass is 10.1. The van der Waals surface area contributed by atoms with Crippen LogP contribution in [0, 0.1) is 21.4 Å². The molecule has 2 aromatic carbocycles. The van der Waals surface area contributed by atoms with E-state index in [1.165, 1.54) is 6.07 Å². The third kappa shape index (κ3) is 3.23. The summed E-state index contributed by atoms with van der Waals surface area (Å²) in [7, 11) is 0. The van der Waals surface area contributed by atoms with Crippen molar-refractivity contribution < 1.29 is 9.45 Å². The van der Waals surface area contributed by atoms with Crippen molar-refractivity contribution in [1.29, 1.82) is 5.26 Å². The van der Waals surface area contributed by atoms with E-state index >= 15 is 0 Å². The highest BCUT2D eigenvalue weighted by Crippen LogP contribution is 2.40. The van der Waals surface area contributed by atoms with Crippen LogP contribution in [0.5, 0.6) is 0 Å². The van der Waals surface area contributed by atoms with Crippen LogP contribution in [-0.2, 0) is 0 Å². The van der Waals surface area contributed by atoms with Gasteiger partial charge in [-0.15, -0.1) is 0 Å². The highest BCUT2D eigenvalue weighted by Gasteiger charge is 2.34. The van der Waals surface area contributed by atoms with E-state index in [1.807, 2.05) is 35.2 Å². The van der Waals surface area contributed by atoms with Crippen molar-refractivity contribution in [2.75, 3.05) is 11.4 Å². The Bertz CT molecular complexity index is 1090. The molecule has 0 bridgehead atoms. The quantitative estimate of drug-likeness (QED) is 0.430. The molecular formula is C19H14BrN5O3. The summed E-state index contributed by atoms with van der Waals surface area (Å²) in [6.45, 7) is 0.629. The Morgan fingerprint density at radius 2 is 2.14 bits per heavy atom. The SMILES string of the molecule is N#Cc1ccc(N2CCCC2c2nc(-c3ccccc3Br)no2)c([N+](=O)[O-])c1. The molecule has 8 nitrogen and oxygen atoms in total. The van der Waals surface area contributed by atoms with Crippen molar-refractivity contribution in [2.24, 2.45) is 0 Å². The maximum atomic E-state index is 11.5. The third-order valence-electron chi connectivity index (χ3n) is 4.70. The van der Waals surface area contributed by atoms with Gasteiger partial charge in [-0.1, -0.05) is 33.2 Å². The second kappa shape index (κ2) is 7.40.